The highest BCUT2D eigenvalue weighted by molar-refractivity contribution is 5.75. The van der Waals surface area contributed by atoms with Crippen LogP contribution in [-0.2, 0) is 14.3 Å². The third-order valence-corrected chi connectivity index (χ3v) is 0.947. The Morgan fingerprint density at radius 2 is 2.10 bits per heavy atom. The average molecular weight is 147 g/mol. The molecule has 4 heteroatoms. The Balaban J connectivity index is 3.09. The van der Waals surface area contributed by atoms with Gasteiger partial charge in [-0.1, -0.05) is 0 Å². The lowest BCUT2D eigenvalue weighted by Crippen LogP contribution is -2.26. The summed E-state index contributed by atoms with van der Waals surface area (Å²) in [6.07, 6.45) is 0.389. The van der Waals surface area contributed by atoms with E-state index in [0.29, 0.717) is 13.0 Å². The van der Waals surface area contributed by atoms with Crippen LogP contribution >= 0.6 is 0 Å². The van der Waals surface area contributed by atoms with Crippen LogP contribution < -0.4 is 5.32 Å². The maximum absolute atomic E-state index is 10.7. The second-order valence-corrected chi connectivity index (χ2v) is 1.78. The number of rotatable bonds is 5. The van der Waals surface area contributed by atoms with E-state index >= 15 is 0 Å². The maximum atomic E-state index is 10.7. The van der Waals surface area contributed by atoms with E-state index in [9.17, 15) is 4.79 Å². The lowest BCUT2D eigenvalue weighted by Gasteiger charge is -2.01. The zero-order valence-corrected chi connectivity index (χ0v) is 6.35. The van der Waals surface area contributed by atoms with Crippen molar-refractivity contribution in [1.29, 1.82) is 0 Å². The summed E-state index contributed by atoms with van der Waals surface area (Å²) in [7, 11) is 3.08. The molecule has 0 rings (SSSR count). The molecule has 0 saturated heterocycles. The van der Waals surface area contributed by atoms with Crippen molar-refractivity contribution < 1.29 is 14.3 Å². The number of carbonyl (C=O) groups excluding carboxylic acids is 1. The molecule has 10 heavy (non-hydrogen) atoms. The molecule has 0 aromatic heterocycles. The van der Waals surface area contributed by atoms with E-state index in [0.717, 1.165) is 0 Å². The van der Waals surface area contributed by atoms with E-state index in [4.69, 9.17) is 4.74 Å². The summed E-state index contributed by atoms with van der Waals surface area (Å²) in [6, 6.07) is 0. The second-order valence-electron chi connectivity index (χ2n) is 1.78. The fourth-order valence-electron chi connectivity index (χ4n) is 0.436. The standard InChI is InChI=1S/C6H13NO3/c1-9-4-3-6(8)7-5-10-2/h3-5H2,1-2H3,(H,7,8). The molecule has 0 aromatic carbocycles. The molecule has 0 aliphatic heterocycles. The summed E-state index contributed by atoms with van der Waals surface area (Å²) >= 11 is 0. The summed E-state index contributed by atoms with van der Waals surface area (Å²) in [6.45, 7) is 0.720. The van der Waals surface area contributed by atoms with Crippen LogP contribution in [0.25, 0.3) is 0 Å². The smallest absolute Gasteiger partial charge is 0.224 e. The Kier molecular flexibility index (Phi) is 6.11. The topological polar surface area (TPSA) is 47.6 Å². The molecule has 0 heterocycles. The number of hydrogen-bond acceptors (Lipinski definition) is 3. The van der Waals surface area contributed by atoms with Crippen LogP contribution in [0.15, 0.2) is 0 Å². The van der Waals surface area contributed by atoms with Gasteiger partial charge < -0.3 is 14.8 Å². The molecule has 0 fully saturated rings. The molecule has 60 valence electrons. The molecule has 1 amide bonds. The van der Waals surface area contributed by atoms with E-state index in [1.165, 1.54) is 7.11 Å². The first-order valence-electron chi connectivity index (χ1n) is 3.06. The highest BCUT2D eigenvalue weighted by Crippen LogP contribution is 1.79. The van der Waals surface area contributed by atoms with Gasteiger partial charge in [0.2, 0.25) is 5.91 Å². The van der Waals surface area contributed by atoms with Gasteiger partial charge in [-0.05, 0) is 0 Å². The highest BCUT2D eigenvalue weighted by Gasteiger charge is 1.96. The van der Waals surface area contributed by atoms with Crippen LogP contribution in [0.2, 0.25) is 0 Å². The number of nitrogens with one attached hydrogen (secondary N) is 1. The predicted molar refractivity (Wildman–Crippen MR) is 36.5 cm³/mol. The van der Waals surface area contributed by atoms with Crippen LogP contribution in [0.5, 0.6) is 0 Å². The van der Waals surface area contributed by atoms with Gasteiger partial charge in [0.1, 0.15) is 6.73 Å². The van der Waals surface area contributed by atoms with Crippen molar-refractivity contribution in [3.63, 3.8) is 0 Å². The van der Waals surface area contributed by atoms with Crippen molar-refractivity contribution in [3.8, 4) is 0 Å². The Bertz CT molecular complexity index is 85.0. The van der Waals surface area contributed by atoms with Crippen molar-refractivity contribution in [1.82, 2.24) is 5.32 Å². The molecule has 4 nitrogen and oxygen atoms in total. The van der Waals surface area contributed by atoms with Crippen molar-refractivity contribution in [2.45, 2.75) is 6.42 Å². The van der Waals surface area contributed by atoms with Crippen molar-refractivity contribution in [3.05, 3.63) is 0 Å². The molecule has 0 saturated carbocycles. The van der Waals surface area contributed by atoms with E-state index in [1.807, 2.05) is 0 Å². The minimum atomic E-state index is -0.0521. The maximum Gasteiger partial charge on any atom is 0.224 e. The number of methoxy groups -OCH3 is 2. The number of hydrogen-bond donors (Lipinski definition) is 1. The first-order valence-corrected chi connectivity index (χ1v) is 3.06. The Hall–Kier alpha value is -0.610. The number of ether oxygens (including phenoxy) is 2. The van der Waals surface area contributed by atoms with Gasteiger partial charge in [-0.25, -0.2) is 0 Å². The van der Waals surface area contributed by atoms with Gasteiger partial charge in [0.25, 0.3) is 0 Å². The molecule has 0 spiro atoms. The van der Waals surface area contributed by atoms with E-state index in [-0.39, 0.29) is 12.6 Å². The molecule has 0 bridgehead atoms. The van der Waals surface area contributed by atoms with E-state index < -0.39 is 0 Å². The Morgan fingerprint density at radius 3 is 2.60 bits per heavy atom. The molecule has 0 radical (unpaired) electrons. The van der Waals surface area contributed by atoms with Crippen LogP contribution in [0.1, 0.15) is 6.42 Å². The first kappa shape index (κ1) is 9.39. The first-order chi connectivity index (χ1) is 4.81. The third kappa shape index (κ3) is 5.53. The quantitative estimate of drug-likeness (QED) is 0.545. The van der Waals surface area contributed by atoms with Gasteiger partial charge in [0.15, 0.2) is 0 Å². The Labute approximate surface area is 60.5 Å². The third-order valence-electron chi connectivity index (χ3n) is 0.947. The Morgan fingerprint density at radius 1 is 1.40 bits per heavy atom. The fraction of sp³-hybridized carbons (Fsp3) is 0.833. The minimum absolute atomic E-state index is 0.0521. The molecule has 0 atom stereocenters. The van der Waals surface area contributed by atoms with Gasteiger partial charge >= 0.3 is 0 Å². The van der Waals surface area contributed by atoms with Crippen molar-refractivity contribution in [2.75, 3.05) is 27.6 Å². The highest BCUT2D eigenvalue weighted by atomic mass is 16.5. The molecular formula is C6H13NO3. The molecule has 1 N–H and O–H groups in total. The largest absolute Gasteiger partial charge is 0.384 e. The van der Waals surface area contributed by atoms with Crippen molar-refractivity contribution in [2.24, 2.45) is 0 Å². The van der Waals surface area contributed by atoms with Crippen molar-refractivity contribution >= 4 is 5.91 Å². The van der Waals surface area contributed by atoms with Crippen LogP contribution in [0, 0.1) is 0 Å². The van der Waals surface area contributed by atoms with Gasteiger partial charge in [-0.15, -0.1) is 0 Å². The van der Waals surface area contributed by atoms with Gasteiger partial charge in [-0.2, -0.15) is 0 Å². The number of carbonyl (C=O) groups is 1. The van der Waals surface area contributed by atoms with Crippen LogP contribution in [-0.4, -0.2) is 33.5 Å². The zero-order valence-electron chi connectivity index (χ0n) is 6.35. The van der Waals surface area contributed by atoms with E-state index in [1.54, 1.807) is 7.11 Å². The van der Waals surface area contributed by atoms with Gasteiger partial charge in [0, 0.05) is 14.2 Å². The zero-order chi connectivity index (χ0) is 7.82. The molecule has 0 aliphatic rings. The molecule has 0 aliphatic carbocycles. The van der Waals surface area contributed by atoms with Crippen LogP contribution in [0.3, 0.4) is 0 Å². The normalized spacial score (nSPS) is 9.40. The van der Waals surface area contributed by atoms with Gasteiger partial charge in [-0.3, -0.25) is 4.79 Å². The molecular weight excluding hydrogens is 134 g/mol. The monoisotopic (exact) mass is 147 g/mol. The van der Waals surface area contributed by atoms with Gasteiger partial charge in [0.05, 0.1) is 13.0 Å². The number of amides is 1. The summed E-state index contributed by atoms with van der Waals surface area (Å²) in [5, 5.41) is 2.53. The molecule has 0 aromatic rings. The fourth-order valence-corrected chi connectivity index (χ4v) is 0.436. The lowest BCUT2D eigenvalue weighted by molar-refractivity contribution is -0.123. The van der Waals surface area contributed by atoms with E-state index in [2.05, 4.69) is 10.1 Å². The second kappa shape index (κ2) is 6.51. The average Bonchev–Trinajstić information content (AvgIpc) is 1.97. The summed E-state index contributed by atoms with van der Waals surface area (Å²) in [5.74, 6) is -0.0521. The SMILES string of the molecule is COCCC(=O)NCOC. The predicted octanol–water partition coefficient (Wildman–Crippen LogP) is -0.257. The minimum Gasteiger partial charge on any atom is -0.384 e. The summed E-state index contributed by atoms with van der Waals surface area (Å²) in [4.78, 5) is 10.7. The lowest BCUT2D eigenvalue weighted by atomic mass is 10.4. The summed E-state index contributed by atoms with van der Waals surface area (Å²) in [5.41, 5.74) is 0. The van der Waals surface area contributed by atoms with Crippen LogP contribution in [0.4, 0.5) is 0 Å². The molecule has 0 unspecified atom stereocenters. The summed E-state index contributed by atoms with van der Waals surface area (Å²) < 4.78 is 9.31.